The van der Waals surface area contributed by atoms with E-state index < -0.39 is 0 Å². The second kappa shape index (κ2) is 6.30. The minimum absolute atomic E-state index is 0.235. The maximum absolute atomic E-state index is 12.4. The van der Waals surface area contributed by atoms with Crippen molar-refractivity contribution in [1.29, 1.82) is 0 Å². The highest BCUT2D eigenvalue weighted by Gasteiger charge is 2.48. The number of carbonyl (C=O) groups excluding carboxylic acids is 1. The number of thiocarbonyl (C=S) groups is 1. The molecule has 128 valence electrons. The first-order valence-electron chi connectivity index (χ1n) is 8.87. The van der Waals surface area contributed by atoms with Gasteiger partial charge in [0.15, 0.2) is 5.11 Å². The van der Waals surface area contributed by atoms with Crippen LogP contribution in [0.3, 0.4) is 0 Å². The van der Waals surface area contributed by atoms with Crippen LogP contribution in [-0.4, -0.2) is 17.1 Å². The lowest BCUT2D eigenvalue weighted by Gasteiger charge is -2.54. The fraction of sp³-hybridized carbons (Fsp3) is 0.579. The number of amides is 1. The van der Waals surface area contributed by atoms with E-state index in [1.165, 1.54) is 32.1 Å². The first-order chi connectivity index (χ1) is 11.5. The summed E-state index contributed by atoms with van der Waals surface area (Å²) in [5.74, 6) is 3.07. The SMILES string of the molecule is Cc1ccc(C(=O)NC(=S)NC2C3CC4CC(C3)CC2C4)c(Cl)c1. The lowest BCUT2D eigenvalue weighted by atomic mass is 9.54. The van der Waals surface area contributed by atoms with E-state index in [0.717, 1.165) is 29.2 Å². The van der Waals surface area contributed by atoms with Crippen molar-refractivity contribution in [2.24, 2.45) is 23.7 Å². The maximum Gasteiger partial charge on any atom is 0.258 e. The fourth-order valence-electron chi connectivity index (χ4n) is 5.32. The Morgan fingerprint density at radius 1 is 1.12 bits per heavy atom. The van der Waals surface area contributed by atoms with Crippen molar-refractivity contribution in [3.8, 4) is 0 Å². The number of hydrogen-bond acceptors (Lipinski definition) is 2. The zero-order chi connectivity index (χ0) is 16.8. The monoisotopic (exact) mass is 362 g/mol. The quantitative estimate of drug-likeness (QED) is 0.779. The summed E-state index contributed by atoms with van der Waals surface area (Å²) in [4.78, 5) is 12.4. The molecule has 1 amide bonds. The van der Waals surface area contributed by atoms with Crippen molar-refractivity contribution < 1.29 is 4.79 Å². The van der Waals surface area contributed by atoms with Gasteiger partial charge in [0, 0.05) is 6.04 Å². The number of halogens is 1. The van der Waals surface area contributed by atoms with Gasteiger partial charge in [0.05, 0.1) is 10.6 Å². The van der Waals surface area contributed by atoms with Crippen molar-refractivity contribution in [3.05, 3.63) is 34.3 Å². The van der Waals surface area contributed by atoms with Crippen molar-refractivity contribution in [2.75, 3.05) is 0 Å². The van der Waals surface area contributed by atoms with Crippen LogP contribution in [0, 0.1) is 30.6 Å². The molecule has 4 bridgehead atoms. The summed E-state index contributed by atoms with van der Waals surface area (Å²) >= 11 is 11.6. The Morgan fingerprint density at radius 2 is 1.75 bits per heavy atom. The summed E-state index contributed by atoms with van der Waals surface area (Å²) in [6.07, 6.45) is 6.74. The van der Waals surface area contributed by atoms with E-state index in [-0.39, 0.29) is 5.91 Å². The van der Waals surface area contributed by atoms with Gasteiger partial charge in [-0.15, -0.1) is 0 Å². The van der Waals surface area contributed by atoms with Gasteiger partial charge >= 0.3 is 0 Å². The Hall–Kier alpha value is -1.13. The Kier molecular flexibility index (Phi) is 4.29. The third-order valence-electron chi connectivity index (χ3n) is 6.12. The predicted molar refractivity (Wildman–Crippen MR) is 100 cm³/mol. The van der Waals surface area contributed by atoms with Gasteiger partial charge in [0.25, 0.3) is 5.91 Å². The molecule has 4 aliphatic carbocycles. The van der Waals surface area contributed by atoms with Gasteiger partial charge < -0.3 is 5.32 Å². The lowest BCUT2D eigenvalue weighted by molar-refractivity contribution is -0.00692. The maximum atomic E-state index is 12.4. The van der Waals surface area contributed by atoms with Gasteiger partial charge in [-0.05, 0) is 92.6 Å². The summed E-state index contributed by atoms with van der Waals surface area (Å²) in [6, 6.07) is 5.86. The van der Waals surface area contributed by atoms with Crippen LogP contribution < -0.4 is 10.6 Å². The fourth-order valence-corrected chi connectivity index (χ4v) is 5.87. The molecule has 4 saturated carbocycles. The topological polar surface area (TPSA) is 41.1 Å². The van der Waals surface area contributed by atoms with E-state index >= 15 is 0 Å². The number of carbonyl (C=O) groups is 1. The van der Waals surface area contributed by atoms with Crippen LogP contribution in [0.4, 0.5) is 0 Å². The molecule has 2 N–H and O–H groups in total. The summed E-state index contributed by atoms with van der Waals surface area (Å²) in [7, 11) is 0. The second-order valence-electron chi connectivity index (χ2n) is 7.87. The minimum atomic E-state index is -0.235. The molecule has 0 unspecified atom stereocenters. The highest BCUT2D eigenvalue weighted by atomic mass is 35.5. The Balaban J connectivity index is 1.39. The van der Waals surface area contributed by atoms with E-state index in [1.54, 1.807) is 12.1 Å². The van der Waals surface area contributed by atoms with Crippen LogP contribution in [0.5, 0.6) is 0 Å². The molecule has 1 aromatic rings. The van der Waals surface area contributed by atoms with Gasteiger partial charge in [-0.3, -0.25) is 10.1 Å². The smallest absolute Gasteiger partial charge is 0.258 e. The molecule has 5 heteroatoms. The van der Waals surface area contributed by atoms with Gasteiger partial charge in [-0.2, -0.15) is 0 Å². The molecule has 0 aromatic heterocycles. The van der Waals surface area contributed by atoms with Crippen molar-refractivity contribution in [2.45, 2.75) is 45.1 Å². The molecule has 5 rings (SSSR count). The Morgan fingerprint density at radius 3 is 2.33 bits per heavy atom. The molecule has 0 aliphatic heterocycles. The summed E-state index contributed by atoms with van der Waals surface area (Å²) < 4.78 is 0. The number of aryl methyl sites for hydroxylation is 1. The van der Waals surface area contributed by atoms with E-state index in [0.29, 0.717) is 21.7 Å². The third kappa shape index (κ3) is 3.06. The number of hydrogen-bond donors (Lipinski definition) is 2. The molecule has 0 radical (unpaired) electrons. The zero-order valence-electron chi connectivity index (χ0n) is 13.8. The first kappa shape index (κ1) is 16.3. The third-order valence-corrected chi connectivity index (χ3v) is 6.65. The van der Waals surface area contributed by atoms with Gasteiger partial charge in [0.2, 0.25) is 0 Å². The number of nitrogens with one attached hydrogen (secondary N) is 2. The molecule has 0 saturated heterocycles. The molecular weight excluding hydrogens is 340 g/mol. The van der Waals surface area contributed by atoms with Gasteiger partial charge in [-0.25, -0.2) is 0 Å². The summed E-state index contributed by atoms with van der Waals surface area (Å²) in [5.41, 5.74) is 1.50. The lowest BCUT2D eigenvalue weighted by Crippen LogP contribution is -2.57. The summed E-state index contributed by atoms with van der Waals surface area (Å²) in [6.45, 7) is 1.95. The predicted octanol–water partition coefficient (Wildman–Crippen LogP) is 4.08. The molecule has 0 spiro atoms. The largest absolute Gasteiger partial charge is 0.359 e. The highest BCUT2D eigenvalue weighted by Crippen LogP contribution is 2.53. The normalized spacial score (nSPS) is 33.3. The minimum Gasteiger partial charge on any atom is -0.359 e. The van der Waals surface area contributed by atoms with E-state index in [1.807, 2.05) is 13.0 Å². The van der Waals surface area contributed by atoms with Crippen LogP contribution in [-0.2, 0) is 0 Å². The van der Waals surface area contributed by atoms with Crippen molar-refractivity contribution in [1.82, 2.24) is 10.6 Å². The molecular formula is C19H23ClN2OS. The van der Waals surface area contributed by atoms with E-state index in [9.17, 15) is 4.79 Å². The van der Waals surface area contributed by atoms with Gasteiger partial charge in [-0.1, -0.05) is 17.7 Å². The van der Waals surface area contributed by atoms with E-state index in [2.05, 4.69) is 10.6 Å². The average molecular weight is 363 g/mol. The molecule has 24 heavy (non-hydrogen) atoms. The number of benzene rings is 1. The zero-order valence-corrected chi connectivity index (χ0v) is 15.4. The standard InChI is InChI=1S/C19H23ClN2OS/c1-10-2-3-15(16(20)4-10)18(23)22-19(24)21-17-13-6-11-5-12(8-13)9-14(17)7-11/h2-4,11-14,17H,5-9H2,1H3,(H2,21,22,23,24). The van der Waals surface area contributed by atoms with Crippen LogP contribution >= 0.6 is 23.8 Å². The second-order valence-corrected chi connectivity index (χ2v) is 8.68. The van der Waals surface area contributed by atoms with Gasteiger partial charge in [0.1, 0.15) is 0 Å². The highest BCUT2D eigenvalue weighted by molar-refractivity contribution is 7.80. The molecule has 0 atom stereocenters. The molecule has 1 aromatic carbocycles. The van der Waals surface area contributed by atoms with Crippen LogP contribution in [0.1, 0.15) is 48.0 Å². The molecule has 4 aliphatic rings. The van der Waals surface area contributed by atoms with Crippen LogP contribution in [0.15, 0.2) is 18.2 Å². The molecule has 3 nitrogen and oxygen atoms in total. The Bertz CT molecular complexity index is 662. The first-order valence-corrected chi connectivity index (χ1v) is 9.66. The Labute approximate surface area is 153 Å². The molecule has 4 fully saturated rings. The van der Waals surface area contributed by atoms with Crippen LogP contribution in [0.25, 0.3) is 0 Å². The number of rotatable bonds is 2. The van der Waals surface area contributed by atoms with Crippen molar-refractivity contribution >= 4 is 34.8 Å². The summed E-state index contributed by atoms with van der Waals surface area (Å²) in [5, 5.41) is 7.16. The molecule has 0 heterocycles. The van der Waals surface area contributed by atoms with E-state index in [4.69, 9.17) is 23.8 Å². The van der Waals surface area contributed by atoms with Crippen molar-refractivity contribution in [3.63, 3.8) is 0 Å². The van der Waals surface area contributed by atoms with Crippen LogP contribution in [0.2, 0.25) is 5.02 Å². The average Bonchev–Trinajstić information content (AvgIpc) is 2.50.